The maximum absolute atomic E-state index is 12.6. The van der Waals surface area contributed by atoms with Gasteiger partial charge in [0.05, 0.1) is 4.90 Å². The molecule has 0 radical (unpaired) electrons. The number of amides is 1. The minimum atomic E-state index is -3.77. The van der Waals surface area contributed by atoms with Crippen molar-refractivity contribution in [3.05, 3.63) is 59.1 Å². The van der Waals surface area contributed by atoms with Crippen LogP contribution in [0.5, 0.6) is 0 Å². The van der Waals surface area contributed by atoms with Crippen LogP contribution in [-0.2, 0) is 24.2 Å². The average molecular weight is 493 g/mol. The summed E-state index contributed by atoms with van der Waals surface area (Å²) in [6, 6.07) is 11.7. The molecule has 0 spiro atoms. The Morgan fingerprint density at radius 2 is 1.73 bits per heavy atom. The quantitative estimate of drug-likeness (QED) is 0.357. The second-order valence-corrected chi connectivity index (χ2v) is 10.0. The summed E-state index contributed by atoms with van der Waals surface area (Å²) in [6.45, 7) is 6.90. The molecule has 11 heteroatoms. The van der Waals surface area contributed by atoms with E-state index in [1.54, 1.807) is 64.1 Å². The number of ether oxygens (including phenoxy) is 1. The Kier molecular flexibility index (Phi) is 9.20. The fourth-order valence-corrected chi connectivity index (χ4v) is 3.62. The van der Waals surface area contributed by atoms with Gasteiger partial charge in [0.25, 0.3) is 10.0 Å². The summed E-state index contributed by atoms with van der Waals surface area (Å²) in [4.78, 5) is 12.5. The summed E-state index contributed by atoms with van der Waals surface area (Å²) >= 11 is 5.83. The molecule has 0 aliphatic rings. The van der Waals surface area contributed by atoms with Gasteiger partial charge in [-0.1, -0.05) is 23.4 Å². The molecular formula is C22H26BClN2O6S. The molecule has 1 atom stereocenters. The molecule has 176 valence electrons. The highest BCUT2D eigenvalue weighted by Crippen LogP contribution is 2.19. The van der Waals surface area contributed by atoms with Crippen molar-refractivity contribution in [1.82, 2.24) is 5.06 Å². The van der Waals surface area contributed by atoms with Crippen molar-refractivity contribution < 1.29 is 27.4 Å². The number of nitrogens with zero attached hydrogens (tertiary/aromatic N) is 1. The molecule has 1 amide bonds. The maximum Gasteiger partial charge on any atom is 0.464 e. The number of anilines is 1. The topological polar surface area (TPSA) is 94.2 Å². The van der Waals surface area contributed by atoms with E-state index in [9.17, 15) is 13.2 Å². The number of nitrogens with one attached hydrogen (secondary N) is 1. The monoisotopic (exact) mass is 492 g/mol. The lowest BCUT2D eigenvalue weighted by molar-refractivity contribution is -0.0904. The van der Waals surface area contributed by atoms with Gasteiger partial charge in [-0.15, -0.1) is 0 Å². The Morgan fingerprint density at radius 1 is 1.12 bits per heavy atom. The van der Waals surface area contributed by atoms with Crippen LogP contribution < -0.4 is 4.72 Å². The molecule has 0 aromatic heterocycles. The number of benzene rings is 2. The van der Waals surface area contributed by atoms with E-state index in [1.807, 2.05) is 0 Å². The van der Waals surface area contributed by atoms with Gasteiger partial charge in [0.2, 0.25) is 0 Å². The van der Waals surface area contributed by atoms with E-state index >= 15 is 0 Å². The predicted octanol–water partition coefficient (Wildman–Crippen LogP) is 3.96. The van der Waals surface area contributed by atoms with Crippen LogP contribution in [0.1, 0.15) is 33.3 Å². The van der Waals surface area contributed by atoms with Gasteiger partial charge in [0.15, 0.2) is 0 Å². The van der Waals surface area contributed by atoms with Crippen LogP contribution in [0.2, 0.25) is 5.02 Å². The molecule has 2 rings (SSSR count). The van der Waals surface area contributed by atoms with Gasteiger partial charge in [0, 0.05) is 23.4 Å². The van der Waals surface area contributed by atoms with Crippen LogP contribution >= 0.6 is 11.6 Å². The van der Waals surface area contributed by atoms with Crippen molar-refractivity contribution in [1.29, 1.82) is 0 Å². The Hall–Kier alpha value is -2.71. The molecule has 1 unspecified atom stereocenters. The van der Waals surface area contributed by atoms with E-state index in [0.717, 1.165) is 5.06 Å². The van der Waals surface area contributed by atoms with Gasteiger partial charge >= 0.3 is 13.8 Å². The fourth-order valence-electron chi connectivity index (χ4n) is 2.43. The number of sulfonamides is 1. The van der Waals surface area contributed by atoms with Gasteiger partial charge in [0.1, 0.15) is 11.6 Å². The van der Waals surface area contributed by atoms with Gasteiger partial charge in [-0.3, -0.25) is 9.48 Å². The highest BCUT2D eigenvalue weighted by Gasteiger charge is 2.26. The molecule has 0 saturated carbocycles. The Balaban J connectivity index is 2.13. The Bertz CT molecular complexity index is 1110. The van der Waals surface area contributed by atoms with Crippen LogP contribution in [0.3, 0.4) is 0 Å². The van der Waals surface area contributed by atoms with E-state index in [-0.39, 0.29) is 12.6 Å². The number of carbonyl (C=O) groups excluding carboxylic acids is 1. The summed E-state index contributed by atoms with van der Waals surface area (Å²) in [5.74, 6) is 5.80. The highest BCUT2D eigenvalue weighted by molar-refractivity contribution is 7.92. The van der Waals surface area contributed by atoms with Crippen molar-refractivity contribution >= 4 is 41.1 Å². The number of hydrogen-bond donors (Lipinski definition) is 1. The molecule has 0 bridgehead atoms. The molecule has 1 N–H and O–H groups in total. The first-order valence-corrected chi connectivity index (χ1v) is 11.8. The third-order valence-electron chi connectivity index (χ3n) is 3.92. The minimum Gasteiger partial charge on any atom is -0.442 e. The lowest BCUT2D eigenvalue weighted by Gasteiger charge is -2.28. The lowest BCUT2D eigenvalue weighted by Crippen LogP contribution is -2.42. The zero-order valence-electron chi connectivity index (χ0n) is 19.1. The average Bonchev–Trinajstić information content (AvgIpc) is 2.73. The summed E-state index contributed by atoms with van der Waals surface area (Å²) in [6.07, 6.45) is -0.698. The van der Waals surface area contributed by atoms with Gasteiger partial charge < -0.3 is 9.39 Å². The van der Waals surface area contributed by atoms with E-state index < -0.39 is 27.8 Å². The number of carbonyl (C=O) groups is 1. The zero-order valence-corrected chi connectivity index (χ0v) is 20.7. The van der Waals surface area contributed by atoms with Crippen molar-refractivity contribution in [3.8, 4) is 11.8 Å². The largest absolute Gasteiger partial charge is 0.464 e. The molecule has 0 saturated heterocycles. The van der Waals surface area contributed by atoms with Crippen molar-refractivity contribution in [2.24, 2.45) is 0 Å². The van der Waals surface area contributed by atoms with Crippen molar-refractivity contribution in [2.75, 3.05) is 11.8 Å². The first kappa shape index (κ1) is 26.5. The number of rotatable bonds is 7. The fraction of sp³-hybridized carbons (Fsp3) is 0.318. The molecule has 0 aliphatic heterocycles. The molecule has 0 aliphatic carbocycles. The second-order valence-electron chi connectivity index (χ2n) is 7.92. The summed E-state index contributed by atoms with van der Waals surface area (Å²) < 4.78 is 43.2. The number of hydroxylamine groups is 2. The van der Waals surface area contributed by atoms with E-state index in [0.29, 0.717) is 16.3 Å². The Morgan fingerprint density at radius 3 is 2.27 bits per heavy atom. The molecule has 2 aromatic rings. The smallest absolute Gasteiger partial charge is 0.442 e. The first-order valence-electron chi connectivity index (χ1n) is 9.95. The highest BCUT2D eigenvalue weighted by atomic mass is 35.5. The molecule has 0 fully saturated rings. The van der Waals surface area contributed by atoms with Gasteiger partial charge in [-0.2, -0.15) is 5.06 Å². The minimum absolute atomic E-state index is 0.0786. The third-order valence-corrected chi connectivity index (χ3v) is 5.57. The van der Waals surface area contributed by atoms with E-state index in [4.69, 9.17) is 25.7 Å². The van der Waals surface area contributed by atoms with Crippen LogP contribution in [0, 0.1) is 11.8 Å². The lowest BCUT2D eigenvalue weighted by atomic mass is 10.2. The van der Waals surface area contributed by atoms with Crippen LogP contribution in [0.25, 0.3) is 0 Å². The SMILES string of the molecule is COBON(C(=O)OC(C)(C)C)C(C)C#Cc1ccc(S(=O)(=O)Nc2ccc(Cl)cc2)cc1. The van der Waals surface area contributed by atoms with Gasteiger partial charge in [-0.25, -0.2) is 13.2 Å². The standard InChI is InChI=1S/C22H26BClN2O6S/c1-16(26(32-23-30-5)21(27)31-22(2,3)4)6-7-17-8-14-20(15-9-17)33(28,29)25-19-12-10-18(24)11-13-19/h8-16,23,25H,1-5H3. The molecule has 2 aromatic carbocycles. The summed E-state index contributed by atoms with van der Waals surface area (Å²) in [7, 11) is -2.49. The van der Waals surface area contributed by atoms with Crippen molar-refractivity contribution in [2.45, 2.75) is 44.2 Å². The normalized spacial score (nSPS) is 12.2. The molecule has 0 heterocycles. The summed E-state index contributed by atoms with van der Waals surface area (Å²) in [5, 5.41) is 1.50. The first-order chi connectivity index (χ1) is 15.4. The summed E-state index contributed by atoms with van der Waals surface area (Å²) in [5.41, 5.74) is 0.249. The van der Waals surface area contributed by atoms with Crippen LogP contribution in [-0.4, -0.2) is 46.0 Å². The van der Waals surface area contributed by atoms with Crippen LogP contribution in [0.15, 0.2) is 53.4 Å². The molecular weight excluding hydrogens is 467 g/mol. The predicted molar refractivity (Wildman–Crippen MR) is 128 cm³/mol. The van der Waals surface area contributed by atoms with Crippen LogP contribution in [0.4, 0.5) is 10.5 Å². The Labute approximate surface area is 200 Å². The third kappa shape index (κ3) is 8.63. The molecule has 33 heavy (non-hydrogen) atoms. The van der Waals surface area contributed by atoms with Gasteiger partial charge in [-0.05, 0) is 76.2 Å². The number of halogens is 1. The van der Waals surface area contributed by atoms with Crippen molar-refractivity contribution in [3.63, 3.8) is 0 Å². The number of hydrogen-bond acceptors (Lipinski definition) is 6. The molecule has 8 nitrogen and oxygen atoms in total. The second kappa shape index (κ2) is 11.4. The van der Waals surface area contributed by atoms with E-state index in [2.05, 4.69) is 16.6 Å². The zero-order chi connectivity index (χ0) is 24.6. The maximum atomic E-state index is 12.6. The van der Waals surface area contributed by atoms with E-state index in [1.165, 1.54) is 19.2 Å².